The molecule has 0 unspecified atom stereocenters. The van der Waals surface area contributed by atoms with Gasteiger partial charge in [0.1, 0.15) is 0 Å². The molecule has 0 saturated carbocycles. The van der Waals surface area contributed by atoms with Crippen LogP contribution in [0.4, 0.5) is 0 Å². The monoisotopic (exact) mass is 229 g/mol. The normalized spacial score (nSPS) is 10.4. The molecule has 2 N–H and O–H groups in total. The Morgan fingerprint density at radius 3 is 2.38 bits per heavy atom. The molecule has 0 aromatic rings. The highest BCUT2D eigenvalue weighted by molar-refractivity contribution is 5.75. The highest BCUT2D eigenvalue weighted by atomic mass is 16.2. The summed E-state index contributed by atoms with van der Waals surface area (Å²) < 4.78 is 0. The molecule has 0 atom stereocenters. The van der Waals surface area contributed by atoms with Crippen molar-refractivity contribution in [3.8, 4) is 0 Å². The summed E-state index contributed by atoms with van der Waals surface area (Å²) in [6.07, 6.45) is 9.41. The fourth-order valence-corrected chi connectivity index (χ4v) is 1.62. The number of carbonyl (C=O) groups excluding carboxylic acids is 1. The lowest BCUT2D eigenvalue weighted by atomic mass is 10.1. The fourth-order valence-electron chi connectivity index (χ4n) is 1.62. The van der Waals surface area contributed by atoms with Crippen LogP contribution in [0.3, 0.4) is 0 Å². The van der Waals surface area contributed by atoms with Crippen molar-refractivity contribution in [1.29, 1.82) is 0 Å². The van der Waals surface area contributed by atoms with Gasteiger partial charge in [0.15, 0.2) is 0 Å². The minimum absolute atomic E-state index is 0.161. The van der Waals surface area contributed by atoms with Gasteiger partial charge in [-0.3, -0.25) is 4.79 Å². The van der Waals surface area contributed by atoms with E-state index in [2.05, 4.69) is 12.2 Å². The average molecular weight is 229 g/mol. The SMILES string of the molecule is CCCCCCCNC(=O)CCCCCO. The Morgan fingerprint density at radius 1 is 1.00 bits per heavy atom. The first kappa shape index (κ1) is 15.4. The average Bonchev–Trinajstić information content (AvgIpc) is 2.29. The Labute approximate surface area is 99.6 Å². The van der Waals surface area contributed by atoms with E-state index in [-0.39, 0.29) is 12.5 Å². The molecule has 0 spiro atoms. The van der Waals surface area contributed by atoms with E-state index in [1.165, 1.54) is 25.7 Å². The molecular weight excluding hydrogens is 202 g/mol. The molecule has 0 fully saturated rings. The third-order valence-electron chi connectivity index (χ3n) is 2.66. The molecule has 1 amide bonds. The molecule has 3 nitrogen and oxygen atoms in total. The fraction of sp³-hybridized carbons (Fsp3) is 0.923. The number of amides is 1. The molecule has 16 heavy (non-hydrogen) atoms. The number of nitrogens with one attached hydrogen (secondary N) is 1. The summed E-state index contributed by atoms with van der Waals surface area (Å²) >= 11 is 0. The maximum atomic E-state index is 11.3. The first-order valence-electron chi connectivity index (χ1n) is 6.68. The van der Waals surface area contributed by atoms with Crippen molar-refractivity contribution >= 4 is 5.91 Å². The molecule has 0 saturated heterocycles. The van der Waals surface area contributed by atoms with Crippen molar-refractivity contribution in [2.24, 2.45) is 0 Å². The predicted molar refractivity (Wildman–Crippen MR) is 67.3 cm³/mol. The second-order valence-electron chi connectivity index (χ2n) is 4.30. The van der Waals surface area contributed by atoms with E-state index in [4.69, 9.17) is 5.11 Å². The Morgan fingerprint density at radius 2 is 1.69 bits per heavy atom. The standard InChI is InChI=1S/C13H27NO2/c1-2-3-4-5-8-11-14-13(16)10-7-6-9-12-15/h15H,2-12H2,1H3,(H,14,16). The second-order valence-corrected chi connectivity index (χ2v) is 4.30. The van der Waals surface area contributed by atoms with Gasteiger partial charge in [-0.15, -0.1) is 0 Å². The first-order valence-corrected chi connectivity index (χ1v) is 6.68. The lowest BCUT2D eigenvalue weighted by Crippen LogP contribution is -2.23. The quantitative estimate of drug-likeness (QED) is 0.535. The molecule has 0 rings (SSSR count). The summed E-state index contributed by atoms with van der Waals surface area (Å²) in [6, 6.07) is 0. The largest absolute Gasteiger partial charge is 0.396 e. The number of hydrogen-bond donors (Lipinski definition) is 2. The minimum Gasteiger partial charge on any atom is -0.396 e. The van der Waals surface area contributed by atoms with Crippen LogP contribution in [-0.4, -0.2) is 24.2 Å². The van der Waals surface area contributed by atoms with Gasteiger partial charge in [-0.2, -0.15) is 0 Å². The summed E-state index contributed by atoms with van der Waals surface area (Å²) in [4.78, 5) is 11.3. The van der Waals surface area contributed by atoms with E-state index in [0.29, 0.717) is 6.42 Å². The molecule has 0 aliphatic carbocycles. The molecule has 0 aromatic carbocycles. The Bertz CT molecular complexity index is 160. The van der Waals surface area contributed by atoms with Crippen LogP contribution in [0.5, 0.6) is 0 Å². The van der Waals surface area contributed by atoms with Gasteiger partial charge < -0.3 is 10.4 Å². The zero-order valence-corrected chi connectivity index (χ0v) is 10.6. The maximum absolute atomic E-state index is 11.3. The smallest absolute Gasteiger partial charge is 0.219 e. The van der Waals surface area contributed by atoms with Gasteiger partial charge in [-0.1, -0.05) is 39.0 Å². The van der Waals surface area contributed by atoms with Crippen LogP contribution in [-0.2, 0) is 4.79 Å². The van der Waals surface area contributed by atoms with E-state index in [9.17, 15) is 4.79 Å². The predicted octanol–water partition coefficient (Wildman–Crippen LogP) is 2.63. The zero-order valence-electron chi connectivity index (χ0n) is 10.6. The number of hydrogen-bond acceptors (Lipinski definition) is 2. The van der Waals surface area contributed by atoms with E-state index in [1.54, 1.807) is 0 Å². The number of aliphatic hydroxyl groups is 1. The Kier molecular flexibility index (Phi) is 12.1. The molecule has 0 radical (unpaired) electrons. The van der Waals surface area contributed by atoms with E-state index < -0.39 is 0 Å². The summed E-state index contributed by atoms with van der Waals surface area (Å²) in [5.41, 5.74) is 0. The van der Waals surface area contributed by atoms with Gasteiger partial charge in [0.25, 0.3) is 0 Å². The lowest BCUT2D eigenvalue weighted by molar-refractivity contribution is -0.121. The minimum atomic E-state index is 0.161. The molecule has 0 aliphatic heterocycles. The van der Waals surface area contributed by atoms with Gasteiger partial charge >= 0.3 is 0 Å². The third-order valence-corrected chi connectivity index (χ3v) is 2.66. The summed E-state index contributed by atoms with van der Waals surface area (Å²) in [7, 11) is 0. The maximum Gasteiger partial charge on any atom is 0.219 e. The van der Waals surface area contributed by atoms with Gasteiger partial charge in [0.05, 0.1) is 0 Å². The molecule has 0 heterocycles. The summed E-state index contributed by atoms with van der Waals surface area (Å²) in [6.45, 7) is 3.26. The molecule has 96 valence electrons. The lowest BCUT2D eigenvalue weighted by Gasteiger charge is -2.04. The van der Waals surface area contributed by atoms with Gasteiger partial charge in [-0.05, 0) is 19.3 Å². The van der Waals surface area contributed by atoms with E-state index in [1.807, 2.05) is 0 Å². The van der Waals surface area contributed by atoms with Crippen molar-refractivity contribution in [2.45, 2.75) is 64.7 Å². The van der Waals surface area contributed by atoms with Crippen LogP contribution >= 0.6 is 0 Å². The van der Waals surface area contributed by atoms with Gasteiger partial charge in [-0.25, -0.2) is 0 Å². The third kappa shape index (κ3) is 11.5. The highest BCUT2D eigenvalue weighted by Gasteiger charge is 1.99. The van der Waals surface area contributed by atoms with Gasteiger partial charge in [0, 0.05) is 19.6 Å². The Balaban J connectivity index is 3.11. The molecule has 0 bridgehead atoms. The number of unbranched alkanes of at least 4 members (excludes halogenated alkanes) is 6. The molecule has 0 aromatic heterocycles. The highest BCUT2D eigenvalue weighted by Crippen LogP contribution is 2.02. The van der Waals surface area contributed by atoms with Crippen molar-refractivity contribution < 1.29 is 9.90 Å². The van der Waals surface area contributed by atoms with Crippen molar-refractivity contribution in [3.63, 3.8) is 0 Å². The van der Waals surface area contributed by atoms with Gasteiger partial charge in [0.2, 0.25) is 5.91 Å². The van der Waals surface area contributed by atoms with Crippen LogP contribution in [0, 0.1) is 0 Å². The van der Waals surface area contributed by atoms with Crippen LogP contribution in [0.25, 0.3) is 0 Å². The van der Waals surface area contributed by atoms with Crippen molar-refractivity contribution in [2.75, 3.05) is 13.2 Å². The van der Waals surface area contributed by atoms with Crippen molar-refractivity contribution in [1.82, 2.24) is 5.32 Å². The van der Waals surface area contributed by atoms with E-state index in [0.717, 1.165) is 32.2 Å². The zero-order chi connectivity index (χ0) is 12.1. The number of carbonyl (C=O) groups is 1. The molecular formula is C13H27NO2. The van der Waals surface area contributed by atoms with Crippen LogP contribution < -0.4 is 5.32 Å². The molecule has 3 heteroatoms. The van der Waals surface area contributed by atoms with Crippen LogP contribution in [0.1, 0.15) is 64.7 Å². The number of aliphatic hydroxyl groups excluding tert-OH is 1. The Hall–Kier alpha value is -0.570. The molecule has 0 aliphatic rings. The van der Waals surface area contributed by atoms with Crippen LogP contribution in [0.15, 0.2) is 0 Å². The van der Waals surface area contributed by atoms with Crippen molar-refractivity contribution in [3.05, 3.63) is 0 Å². The second kappa shape index (κ2) is 12.5. The summed E-state index contributed by atoms with van der Waals surface area (Å²) in [5.74, 6) is 0.161. The summed E-state index contributed by atoms with van der Waals surface area (Å²) in [5, 5.41) is 11.5. The van der Waals surface area contributed by atoms with Crippen LogP contribution in [0.2, 0.25) is 0 Å². The topological polar surface area (TPSA) is 49.3 Å². The number of rotatable bonds is 11. The first-order chi connectivity index (χ1) is 7.81. The van der Waals surface area contributed by atoms with E-state index >= 15 is 0 Å².